The third kappa shape index (κ3) is 4.47. The Balaban J connectivity index is 1.48. The number of nitrogens with one attached hydrogen (secondary N) is 1. The number of nitrogens with zero attached hydrogens (tertiary/aromatic N) is 2. The summed E-state index contributed by atoms with van der Waals surface area (Å²) >= 11 is 0. The van der Waals surface area contributed by atoms with Crippen molar-refractivity contribution in [3.63, 3.8) is 0 Å². The van der Waals surface area contributed by atoms with E-state index in [9.17, 15) is 4.79 Å². The van der Waals surface area contributed by atoms with Crippen LogP contribution in [0.25, 0.3) is 0 Å². The van der Waals surface area contributed by atoms with Crippen molar-refractivity contribution in [2.45, 2.75) is 25.6 Å². The highest BCUT2D eigenvalue weighted by Crippen LogP contribution is 2.18. The summed E-state index contributed by atoms with van der Waals surface area (Å²) in [5, 5.41) is 3.02. The predicted molar refractivity (Wildman–Crippen MR) is 93.2 cm³/mol. The second-order valence-electron chi connectivity index (χ2n) is 6.44. The second kappa shape index (κ2) is 8.46. The number of benzene rings is 1. The van der Waals surface area contributed by atoms with E-state index in [0.29, 0.717) is 12.7 Å². The lowest BCUT2D eigenvalue weighted by Crippen LogP contribution is -2.51. The molecule has 0 radical (unpaired) electrons. The monoisotopic (exact) mass is 333 g/mol. The minimum Gasteiger partial charge on any atom is -0.380 e. The molecule has 2 aliphatic rings. The molecule has 0 bridgehead atoms. The molecule has 1 atom stereocenters. The zero-order valence-electron chi connectivity index (χ0n) is 14.4. The lowest BCUT2D eigenvalue weighted by atomic mass is 10.2. The summed E-state index contributed by atoms with van der Waals surface area (Å²) in [5.74, 6) is 0. The smallest absolute Gasteiger partial charge is 0.321 e. The van der Waals surface area contributed by atoms with E-state index < -0.39 is 0 Å². The number of anilines is 1. The summed E-state index contributed by atoms with van der Waals surface area (Å²) in [5.41, 5.74) is 1.82. The predicted octanol–water partition coefficient (Wildman–Crippen LogP) is 2.16. The Morgan fingerprint density at radius 1 is 1.29 bits per heavy atom. The van der Waals surface area contributed by atoms with Crippen LogP contribution in [-0.2, 0) is 16.1 Å². The minimum absolute atomic E-state index is 0.0321. The lowest BCUT2D eigenvalue weighted by Gasteiger charge is -2.35. The molecule has 2 saturated heterocycles. The molecule has 1 unspecified atom stereocenters. The van der Waals surface area contributed by atoms with Crippen molar-refractivity contribution in [1.82, 2.24) is 9.80 Å². The van der Waals surface area contributed by atoms with Gasteiger partial charge in [-0.25, -0.2) is 4.79 Å². The highest BCUT2D eigenvalue weighted by molar-refractivity contribution is 5.90. The number of carbonyl (C=O) groups excluding carboxylic acids is 1. The quantitative estimate of drug-likeness (QED) is 0.897. The molecular formula is C18H27N3O3. The summed E-state index contributed by atoms with van der Waals surface area (Å²) in [7, 11) is 1.66. The van der Waals surface area contributed by atoms with Crippen molar-refractivity contribution in [2.75, 3.05) is 51.8 Å². The Labute approximate surface area is 143 Å². The number of piperazine rings is 1. The normalized spacial score (nSPS) is 21.9. The van der Waals surface area contributed by atoms with Crippen LogP contribution >= 0.6 is 0 Å². The van der Waals surface area contributed by atoms with Gasteiger partial charge < -0.3 is 19.7 Å². The molecule has 1 aromatic carbocycles. The van der Waals surface area contributed by atoms with Gasteiger partial charge in [-0.15, -0.1) is 0 Å². The summed E-state index contributed by atoms with van der Waals surface area (Å²) in [4.78, 5) is 16.8. The highest BCUT2D eigenvalue weighted by atomic mass is 16.5. The number of rotatable bonds is 5. The molecule has 0 aromatic heterocycles. The molecule has 1 N–H and O–H groups in total. The van der Waals surface area contributed by atoms with Gasteiger partial charge in [-0.2, -0.15) is 0 Å². The van der Waals surface area contributed by atoms with E-state index in [0.717, 1.165) is 57.0 Å². The first-order valence-electron chi connectivity index (χ1n) is 8.73. The first-order chi connectivity index (χ1) is 11.8. The van der Waals surface area contributed by atoms with Crippen molar-refractivity contribution in [1.29, 1.82) is 0 Å². The number of carbonyl (C=O) groups is 1. The maximum atomic E-state index is 12.5. The van der Waals surface area contributed by atoms with Gasteiger partial charge in [0.15, 0.2) is 0 Å². The first-order valence-corrected chi connectivity index (χ1v) is 8.73. The fourth-order valence-corrected chi connectivity index (χ4v) is 3.33. The Morgan fingerprint density at radius 3 is 2.79 bits per heavy atom. The second-order valence-corrected chi connectivity index (χ2v) is 6.44. The Hall–Kier alpha value is -1.63. The number of para-hydroxylation sites is 1. The van der Waals surface area contributed by atoms with E-state index in [1.165, 1.54) is 6.42 Å². The number of methoxy groups -OCH3 is 1. The van der Waals surface area contributed by atoms with Crippen LogP contribution in [-0.4, -0.2) is 68.4 Å². The van der Waals surface area contributed by atoms with Gasteiger partial charge in [0.25, 0.3) is 0 Å². The maximum Gasteiger partial charge on any atom is 0.321 e. The maximum absolute atomic E-state index is 12.5. The van der Waals surface area contributed by atoms with Crippen LogP contribution in [0.15, 0.2) is 24.3 Å². The minimum atomic E-state index is -0.0321. The molecule has 6 heteroatoms. The van der Waals surface area contributed by atoms with Crippen molar-refractivity contribution < 1.29 is 14.3 Å². The van der Waals surface area contributed by atoms with E-state index in [-0.39, 0.29) is 6.03 Å². The zero-order chi connectivity index (χ0) is 16.8. The molecule has 2 fully saturated rings. The van der Waals surface area contributed by atoms with Crippen molar-refractivity contribution in [2.24, 2.45) is 0 Å². The van der Waals surface area contributed by atoms with Crippen LogP contribution in [0.3, 0.4) is 0 Å². The van der Waals surface area contributed by atoms with Gasteiger partial charge in [0, 0.05) is 57.7 Å². The van der Waals surface area contributed by atoms with Gasteiger partial charge >= 0.3 is 6.03 Å². The van der Waals surface area contributed by atoms with Crippen LogP contribution in [0.4, 0.5) is 10.5 Å². The number of ether oxygens (including phenoxy) is 2. The number of hydrogen-bond donors (Lipinski definition) is 1. The summed E-state index contributed by atoms with van der Waals surface area (Å²) < 4.78 is 10.9. The third-order valence-corrected chi connectivity index (χ3v) is 4.70. The average molecular weight is 333 g/mol. The van der Waals surface area contributed by atoms with Crippen LogP contribution in [0.2, 0.25) is 0 Å². The number of hydrogen-bond acceptors (Lipinski definition) is 4. The number of urea groups is 1. The van der Waals surface area contributed by atoms with Crippen LogP contribution in [0, 0.1) is 0 Å². The molecule has 2 amide bonds. The molecule has 6 nitrogen and oxygen atoms in total. The van der Waals surface area contributed by atoms with E-state index in [1.807, 2.05) is 29.2 Å². The van der Waals surface area contributed by atoms with E-state index in [2.05, 4.69) is 10.2 Å². The van der Waals surface area contributed by atoms with E-state index in [1.54, 1.807) is 7.11 Å². The molecule has 3 rings (SSSR count). The van der Waals surface area contributed by atoms with E-state index in [4.69, 9.17) is 9.47 Å². The van der Waals surface area contributed by atoms with Gasteiger partial charge in [-0.3, -0.25) is 4.90 Å². The SMILES string of the molecule is COCc1ccccc1NC(=O)N1CCN(CC2CCCO2)CC1. The standard InChI is InChI=1S/C18H27N3O3/c1-23-14-15-5-2-3-7-17(15)19-18(22)21-10-8-20(9-11-21)13-16-6-4-12-24-16/h2-3,5,7,16H,4,6,8-14H2,1H3,(H,19,22). The summed E-state index contributed by atoms with van der Waals surface area (Å²) in [6.45, 7) is 5.71. The van der Waals surface area contributed by atoms with Crippen LogP contribution in [0.5, 0.6) is 0 Å². The fourth-order valence-electron chi connectivity index (χ4n) is 3.33. The summed E-state index contributed by atoms with van der Waals surface area (Å²) in [6, 6.07) is 7.73. The molecule has 2 heterocycles. The van der Waals surface area contributed by atoms with Gasteiger partial charge in [0.1, 0.15) is 0 Å². The van der Waals surface area contributed by atoms with E-state index >= 15 is 0 Å². The molecule has 132 valence electrons. The molecule has 24 heavy (non-hydrogen) atoms. The van der Waals surface area contributed by atoms with Gasteiger partial charge in [0.2, 0.25) is 0 Å². The largest absolute Gasteiger partial charge is 0.380 e. The first kappa shape index (κ1) is 17.2. The number of amides is 2. The zero-order valence-corrected chi connectivity index (χ0v) is 14.4. The van der Waals surface area contributed by atoms with Gasteiger partial charge in [-0.1, -0.05) is 18.2 Å². The average Bonchev–Trinajstić information content (AvgIpc) is 3.10. The van der Waals surface area contributed by atoms with Gasteiger partial charge in [-0.05, 0) is 18.9 Å². The molecule has 0 saturated carbocycles. The van der Waals surface area contributed by atoms with Crippen molar-refractivity contribution >= 4 is 11.7 Å². The van der Waals surface area contributed by atoms with Crippen molar-refractivity contribution in [3.05, 3.63) is 29.8 Å². The molecule has 1 aromatic rings. The Bertz CT molecular complexity index is 538. The topological polar surface area (TPSA) is 54.0 Å². The Kier molecular flexibility index (Phi) is 6.07. The molecule has 0 aliphatic carbocycles. The molecule has 0 spiro atoms. The molecule has 2 aliphatic heterocycles. The van der Waals surface area contributed by atoms with Crippen LogP contribution < -0.4 is 5.32 Å². The fraction of sp³-hybridized carbons (Fsp3) is 0.611. The highest BCUT2D eigenvalue weighted by Gasteiger charge is 2.25. The van der Waals surface area contributed by atoms with Gasteiger partial charge in [0.05, 0.1) is 12.7 Å². The van der Waals surface area contributed by atoms with Crippen LogP contribution in [0.1, 0.15) is 18.4 Å². The lowest BCUT2D eigenvalue weighted by molar-refractivity contribution is 0.0572. The summed E-state index contributed by atoms with van der Waals surface area (Å²) in [6.07, 6.45) is 2.72. The molecular weight excluding hydrogens is 306 g/mol. The Morgan fingerprint density at radius 2 is 2.08 bits per heavy atom. The van der Waals surface area contributed by atoms with Crippen molar-refractivity contribution in [3.8, 4) is 0 Å². The third-order valence-electron chi connectivity index (χ3n) is 4.70.